The number of rotatable bonds is 6. The summed E-state index contributed by atoms with van der Waals surface area (Å²) in [5.41, 5.74) is 0. The van der Waals surface area contributed by atoms with Crippen molar-refractivity contribution in [3.8, 4) is 0 Å². The summed E-state index contributed by atoms with van der Waals surface area (Å²) < 4.78 is 0. The molecule has 16 heavy (non-hydrogen) atoms. The molecule has 0 amide bonds. The first-order valence-corrected chi connectivity index (χ1v) is 6.07. The van der Waals surface area contributed by atoms with Gasteiger partial charge >= 0.3 is 5.97 Å². The van der Waals surface area contributed by atoms with Gasteiger partial charge in [0, 0.05) is 6.04 Å². The topological polar surface area (TPSA) is 57.6 Å². The molecule has 1 fully saturated rings. The summed E-state index contributed by atoms with van der Waals surface area (Å²) in [7, 11) is 0. The Morgan fingerprint density at radius 3 is 2.69 bits per heavy atom. The molecular weight excluding hydrogens is 226 g/mol. The molecule has 0 spiro atoms. The van der Waals surface area contributed by atoms with Crippen LogP contribution in [0.2, 0.25) is 0 Å². The standard InChI is InChI=1S/C11H13NO3S/c13-9(10-2-1-5-16-10)6-12(7-11(14)15)8-3-4-8/h1-2,5,8H,3-4,6-7H2,(H,14,15). The Bertz CT molecular complexity index is 384. The highest BCUT2D eigenvalue weighted by Crippen LogP contribution is 2.26. The Morgan fingerprint density at radius 2 is 2.19 bits per heavy atom. The third kappa shape index (κ3) is 2.90. The molecule has 0 saturated heterocycles. The van der Waals surface area contributed by atoms with Crippen LogP contribution in [0.15, 0.2) is 17.5 Å². The van der Waals surface area contributed by atoms with Crippen molar-refractivity contribution in [1.82, 2.24) is 4.90 Å². The largest absolute Gasteiger partial charge is 0.480 e. The lowest BCUT2D eigenvalue weighted by molar-refractivity contribution is -0.138. The fraction of sp³-hybridized carbons (Fsp3) is 0.455. The molecule has 5 heteroatoms. The second-order valence-electron chi connectivity index (χ2n) is 3.93. The number of carboxylic acids is 1. The molecule has 4 nitrogen and oxygen atoms in total. The molecule has 0 atom stereocenters. The number of carbonyl (C=O) groups excluding carboxylic acids is 1. The van der Waals surface area contributed by atoms with E-state index >= 15 is 0 Å². The van der Waals surface area contributed by atoms with Crippen LogP contribution in [-0.2, 0) is 4.79 Å². The molecule has 2 rings (SSSR count). The van der Waals surface area contributed by atoms with Crippen molar-refractivity contribution in [2.45, 2.75) is 18.9 Å². The monoisotopic (exact) mass is 239 g/mol. The Kier molecular flexibility index (Phi) is 3.36. The molecule has 0 radical (unpaired) electrons. The van der Waals surface area contributed by atoms with Crippen molar-refractivity contribution in [2.75, 3.05) is 13.1 Å². The summed E-state index contributed by atoms with van der Waals surface area (Å²) in [4.78, 5) is 24.9. The summed E-state index contributed by atoms with van der Waals surface area (Å²) >= 11 is 1.40. The van der Waals surface area contributed by atoms with Gasteiger partial charge in [-0.2, -0.15) is 0 Å². The number of nitrogens with zero attached hydrogens (tertiary/aromatic N) is 1. The first kappa shape index (κ1) is 11.3. The van der Waals surface area contributed by atoms with Crippen molar-refractivity contribution in [1.29, 1.82) is 0 Å². The maximum atomic E-state index is 11.8. The second kappa shape index (κ2) is 4.76. The number of thiophene rings is 1. The quantitative estimate of drug-likeness (QED) is 0.764. The predicted octanol–water partition coefficient (Wildman–Crippen LogP) is 1.48. The minimum Gasteiger partial charge on any atom is -0.480 e. The van der Waals surface area contributed by atoms with Gasteiger partial charge in [0.25, 0.3) is 0 Å². The summed E-state index contributed by atoms with van der Waals surface area (Å²) in [6.07, 6.45) is 2.01. The number of hydrogen-bond acceptors (Lipinski definition) is 4. The van der Waals surface area contributed by atoms with Crippen LogP contribution >= 0.6 is 11.3 Å². The van der Waals surface area contributed by atoms with Crippen molar-refractivity contribution < 1.29 is 14.7 Å². The van der Waals surface area contributed by atoms with Gasteiger partial charge in [-0.05, 0) is 24.3 Å². The third-order valence-corrected chi connectivity index (χ3v) is 3.46. The zero-order valence-corrected chi connectivity index (χ0v) is 9.57. The van der Waals surface area contributed by atoms with Crippen LogP contribution in [-0.4, -0.2) is 40.9 Å². The lowest BCUT2D eigenvalue weighted by atomic mass is 10.3. The number of ketones is 1. The molecule has 1 aliphatic rings. The summed E-state index contributed by atoms with van der Waals surface area (Å²) in [5.74, 6) is -0.853. The Hall–Kier alpha value is -1.20. The number of Topliss-reactive ketones (excluding diaryl/α,β-unsaturated/α-hetero) is 1. The number of hydrogen-bond donors (Lipinski definition) is 1. The molecule has 0 aromatic carbocycles. The average molecular weight is 239 g/mol. The second-order valence-corrected chi connectivity index (χ2v) is 4.88. The molecule has 1 heterocycles. The number of carbonyl (C=O) groups is 2. The van der Waals surface area contributed by atoms with Crippen molar-refractivity contribution in [3.63, 3.8) is 0 Å². The molecule has 0 bridgehead atoms. The molecule has 0 aliphatic heterocycles. The van der Waals surface area contributed by atoms with Gasteiger partial charge in [0.15, 0.2) is 5.78 Å². The van der Waals surface area contributed by atoms with E-state index in [-0.39, 0.29) is 18.9 Å². The van der Waals surface area contributed by atoms with E-state index < -0.39 is 5.97 Å². The number of carboxylic acid groups (broad SMARTS) is 1. The van der Waals surface area contributed by atoms with Crippen molar-refractivity contribution in [3.05, 3.63) is 22.4 Å². The number of aliphatic carboxylic acids is 1. The zero-order chi connectivity index (χ0) is 11.5. The minimum absolute atomic E-state index is 0.0168. The van der Waals surface area contributed by atoms with Crippen LogP contribution < -0.4 is 0 Å². The third-order valence-electron chi connectivity index (χ3n) is 2.54. The van der Waals surface area contributed by atoms with Gasteiger partial charge in [-0.3, -0.25) is 14.5 Å². The van der Waals surface area contributed by atoms with E-state index in [1.165, 1.54) is 11.3 Å². The van der Waals surface area contributed by atoms with Gasteiger partial charge in [0.05, 0.1) is 18.0 Å². The Balaban J connectivity index is 1.95. The van der Waals surface area contributed by atoms with Gasteiger partial charge in [-0.1, -0.05) is 6.07 Å². The average Bonchev–Trinajstić information content (AvgIpc) is 2.91. The van der Waals surface area contributed by atoms with E-state index in [0.717, 1.165) is 12.8 Å². The van der Waals surface area contributed by atoms with Crippen LogP contribution in [0.5, 0.6) is 0 Å². The van der Waals surface area contributed by atoms with Gasteiger partial charge in [0.1, 0.15) is 0 Å². The first-order valence-electron chi connectivity index (χ1n) is 5.19. The van der Waals surface area contributed by atoms with Crippen molar-refractivity contribution >= 4 is 23.1 Å². The van der Waals surface area contributed by atoms with Gasteiger partial charge in [0.2, 0.25) is 0 Å². The van der Waals surface area contributed by atoms with Crippen LogP contribution in [0.25, 0.3) is 0 Å². The van der Waals surface area contributed by atoms with Crippen molar-refractivity contribution in [2.24, 2.45) is 0 Å². The van der Waals surface area contributed by atoms with Crippen LogP contribution in [0.3, 0.4) is 0 Å². The van der Waals surface area contributed by atoms with Gasteiger partial charge < -0.3 is 5.11 Å². The van der Waals surface area contributed by atoms with E-state index in [4.69, 9.17) is 5.11 Å². The van der Waals surface area contributed by atoms with E-state index in [2.05, 4.69) is 0 Å². The van der Waals surface area contributed by atoms with Gasteiger partial charge in [-0.15, -0.1) is 11.3 Å². The highest BCUT2D eigenvalue weighted by molar-refractivity contribution is 7.12. The SMILES string of the molecule is O=C(O)CN(CC(=O)c1cccs1)C1CC1. The molecule has 1 aliphatic carbocycles. The van der Waals surface area contributed by atoms with E-state index in [9.17, 15) is 9.59 Å². The minimum atomic E-state index is -0.870. The molecule has 1 aromatic heterocycles. The highest BCUT2D eigenvalue weighted by atomic mass is 32.1. The fourth-order valence-corrected chi connectivity index (χ4v) is 2.28. The highest BCUT2D eigenvalue weighted by Gasteiger charge is 2.31. The Morgan fingerprint density at radius 1 is 1.44 bits per heavy atom. The summed E-state index contributed by atoms with van der Waals surface area (Å²) in [6.45, 7) is 0.180. The fourth-order valence-electron chi connectivity index (χ4n) is 1.63. The van der Waals surface area contributed by atoms with E-state index in [0.29, 0.717) is 10.9 Å². The van der Waals surface area contributed by atoms with E-state index in [1.54, 1.807) is 11.0 Å². The molecule has 1 saturated carbocycles. The lowest BCUT2D eigenvalue weighted by Gasteiger charge is -2.17. The van der Waals surface area contributed by atoms with E-state index in [1.807, 2.05) is 11.4 Å². The normalized spacial score (nSPS) is 15.3. The molecular formula is C11H13NO3S. The van der Waals surface area contributed by atoms with Crippen LogP contribution in [0.1, 0.15) is 22.5 Å². The smallest absolute Gasteiger partial charge is 0.317 e. The lowest BCUT2D eigenvalue weighted by Crippen LogP contribution is -2.36. The maximum absolute atomic E-state index is 11.8. The predicted molar refractivity (Wildman–Crippen MR) is 60.9 cm³/mol. The molecule has 86 valence electrons. The van der Waals surface area contributed by atoms with Gasteiger partial charge in [-0.25, -0.2) is 0 Å². The first-order chi connectivity index (χ1) is 7.66. The molecule has 0 unspecified atom stereocenters. The molecule has 1 aromatic rings. The summed E-state index contributed by atoms with van der Waals surface area (Å²) in [5, 5.41) is 10.6. The Labute approximate surface area is 97.5 Å². The van der Waals surface area contributed by atoms with Crippen LogP contribution in [0.4, 0.5) is 0 Å². The maximum Gasteiger partial charge on any atom is 0.317 e. The molecule has 1 N–H and O–H groups in total. The summed E-state index contributed by atoms with van der Waals surface area (Å²) in [6, 6.07) is 3.90. The van der Waals surface area contributed by atoms with Crippen LogP contribution in [0, 0.1) is 0 Å². The zero-order valence-electron chi connectivity index (χ0n) is 8.76.